The van der Waals surface area contributed by atoms with E-state index in [-0.39, 0.29) is 6.04 Å². The second-order valence-corrected chi connectivity index (χ2v) is 5.52. The van der Waals surface area contributed by atoms with Crippen LogP contribution < -0.4 is 5.73 Å². The van der Waals surface area contributed by atoms with Crippen LogP contribution in [-0.2, 0) is 0 Å². The van der Waals surface area contributed by atoms with Gasteiger partial charge in [-0.15, -0.1) is 0 Å². The Hall–Kier alpha value is -1.58. The van der Waals surface area contributed by atoms with Crippen molar-refractivity contribution in [3.05, 3.63) is 16.0 Å². The zero-order chi connectivity index (χ0) is 13.6. The van der Waals surface area contributed by atoms with Gasteiger partial charge in [-0.05, 0) is 35.1 Å². The van der Waals surface area contributed by atoms with Crippen molar-refractivity contribution in [2.45, 2.75) is 12.5 Å². The summed E-state index contributed by atoms with van der Waals surface area (Å²) in [7, 11) is 0. The molecule has 7 nitrogen and oxygen atoms in total. The Bertz CT molecular complexity index is 656. The number of rotatable bonds is 1. The van der Waals surface area contributed by atoms with Crippen molar-refractivity contribution in [3.63, 3.8) is 0 Å². The molecule has 1 aliphatic rings. The normalized spacial score (nSPS) is 19.2. The van der Waals surface area contributed by atoms with E-state index >= 15 is 0 Å². The number of halogens is 1. The van der Waals surface area contributed by atoms with Crippen LogP contribution >= 0.6 is 22.6 Å². The summed E-state index contributed by atoms with van der Waals surface area (Å²) in [5.74, 6) is 0.459. The van der Waals surface area contributed by atoms with Crippen molar-refractivity contribution in [1.82, 2.24) is 19.7 Å². The number of nitrogens with zero attached hydrogens (tertiary/aromatic N) is 4. The number of likely N-dealkylation sites (tertiary alicyclic amines) is 1. The van der Waals surface area contributed by atoms with Gasteiger partial charge in [0, 0.05) is 19.3 Å². The number of carbonyl (C=O) groups is 1. The minimum absolute atomic E-state index is 0.0592. The van der Waals surface area contributed by atoms with Gasteiger partial charge in [0.25, 0.3) is 0 Å². The number of amides is 1. The number of hydrogen-bond acceptors (Lipinski definition) is 4. The first-order valence-electron chi connectivity index (χ1n) is 5.84. The molecule has 1 unspecified atom stereocenters. The predicted molar refractivity (Wildman–Crippen MR) is 77.9 cm³/mol. The van der Waals surface area contributed by atoms with Crippen molar-refractivity contribution in [3.8, 4) is 0 Å². The average Bonchev–Trinajstić information content (AvgIpc) is 2.95. The van der Waals surface area contributed by atoms with E-state index < -0.39 is 6.09 Å². The Morgan fingerprint density at radius 2 is 2.37 bits per heavy atom. The van der Waals surface area contributed by atoms with Gasteiger partial charge in [0.1, 0.15) is 9.52 Å². The summed E-state index contributed by atoms with van der Waals surface area (Å²) in [5, 5.41) is 14.3. The van der Waals surface area contributed by atoms with Crippen LogP contribution in [0.4, 0.5) is 10.6 Å². The molecule has 0 spiro atoms. The van der Waals surface area contributed by atoms with Crippen molar-refractivity contribution in [2.75, 3.05) is 18.8 Å². The molecule has 1 amide bonds. The molecule has 8 heteroatoms. The molecule has 2 aromatic rings. The lowest BCUT2D eigenvalue weighted by Crippen LogP contribution is -2.27. The largest absolute Gasteiger partial charge is 0.465 e. The number of nitrogens with two attached hydrogens (primary N) is 1. The van der Waals surface area contributed by atoms with E-state index in [0.29, 0.717) is 18.9 Å². The molecule has 0 radical (unpaired) electrons. The lowest BCUT2D eigenvalue weighted by Gasteiger charge is -2.13. The lowest BCUT2D eigenvalue weighted by atomic mass is 10.2. The van der Waals surface area contributed by atoms with Crippen LogP contribution in [-0.4, -0.2) is 44.0 Å². The maximum absolute atomic E-state index is 11.0. The molecular formula is C11H12IN5O2. The van der Waals surface area contributed by atoms with E-state index in [1.807, 2.05) is 10.7 Å². The Morgan fingerprint density at radius 1 is 1.58 bits per heavy atom. The van der Waals surface area contributed by atoms with Crippen LogP contribution in [0.3, 0.4) is 0 Å². The van der Waals surface area contributed by atoms with Crippen molar-refractivity contribution >= 4 is 45.4 Å². The third-order valence-electron chi connectivity index (χ3n) is 3.39. The van der Waals surface area contributed by atoms with Gasteiger partial charge in [0.2, 0.25) is 0 Å². The molecule has 3 heterocycles. The predicted octanol–water partition coefficient (Wildman–Crippen LogP) is 1.54. The molecule has 2 aromatic heterocycles. The van der Waals surface area contributed by atoms with E-state index in [2.05, 4.69) is 32.7 Å². The fourth-order valence-corrected chi connectivity index (χ4v) is 3.25. The monoisotopic (exact) mass is 373 g/mol. The molecule has 3 rings (SSSR count). The highest BCUT2D eigenvalue weighted by Crippen LogP contribution is 2.30. The van der Waals surface area contributed by atoms with Crippen LogP contribution in [0.25, 0.3) is 10.9 Å². The van der Waals surface area contributed by atoms with E-state index in [4.69, 9.17) is 10.8 Å². The van der Waals surface area contributed by atoms with E-state index in [0.717, 1.165) is 21.0 Å². The average molecular weight is 373 g/mol. The van der Waals surface area contributed by atoms with Crippen LogP contribution in [0, 0.1) is 3.70 Å². The maximum atomic E-state index is 11.0. The number of anilines is 1. The molecule has 0 saturated carbocycles. The lowest BCUT2D eigenvalue weighted by molar-refractivity contribution is 0.154. The summed E-state index contributed by atoms with van der Waals surface area (Å²) < 4.78 is 2.67. The van der Waals surface area contributed by atoms with Crippen molar-refractivity contribution in [2.24, 2.45) is 0 Å². The second kappa shape index (κ2) is 4.51. The summed E-state index contributed by atoms with van der Waals surface area (Å²) in [4.78, 5) is 16.4. The van der Waals surface area contributed by atoms with Crippen LogP contribution in [0.2, 0.25) is 0 Å². The van der Waals surface area contributed by atoms with Gasteiger partial charge in [-0.25, -0.2) is 9.78 Å². The summed E-state index contributed by atoms with van der Waals surface area (Å²) in [6, 6.07) is 1.92. The van der Waals surface area contributed by atoms with Crippen LogP contribution in [0.5, 0.6) is 0 Å². The molecule has 1 saturated heterocycles. The van der Waals surface area contributed by atoms with Crippen molar-refractivity contribution < 1.29 is 9.90 Å². The van der Waals surface area contributed by atoms with E-state index in [1.165, 1.54) is 4.90 Å². The maximum Gasteiger partial charge on any atom is 0.407 e. The van der Waals surface area contributed by atoms with Gasteiger partial charge < -0.3 is 15.7 Å². The fraction of sp³-hybridized carbons (Fsp3) is 0.364. The minimum atomic E-state index is -0.880. The molecule has 3 N–H and O–H groups in total. The highest BCUT2D eigenvalue weighted by atomic mass is 127. The second-order valence-electron chi connectivity index (χ2n) is 4.50. The van der Waals surface area contributed by atoms with Crippen LogP contribution in [0.1, 0.15) is 12.5 Å². The molecule has 19 heavy (non-hydrogen) atoms. The molecule has 1 fully saturated rings. The summed E-state index contributed by atoms with van der Waals surface area (Å²) in [6.07, 6.45) is 1.53. The fourth-order valence-electron chi connectivity index (χ4n) is 2.46. The zero-order valence-corrected chi connectivity index (χ0v) is 12.1. The quantitative estimate of drug-likeness (QED) is 0.740. The Morgan fingerprint density at radius 3 is 3.05 bits per heavy atom. The highest BCUT2D eigenvalue weighted by molar-refractivity contribution is 14.1. The van der Waals surface area contributed by atoms with Gasteiger partial charge in [0.05, 0.1) is 16.9 Å². The van der Waals surface area contributed by atoms with Crippen LogP contribution in [0.15, 0.2) is 12.3 Å². The molecular weight excluding hydrogens is 361 g/mol. The van der Waals surface area contributed by atoms with Gasteiger partial charge in [-0.3, -0.25) is 4.68 Å². The third kappa shape index (κ3) is 1.99. The molecule has 1 aliphatic heterocycles. The summed E-state index contributed by atoms with van der Waals surface area (Å²) in [5.41, 5.74) is 6.78. The van der Waals surface area contributed by atoms with Gasteiger partial charge in [-0.2, -0.15) is 5.10 Å². The van der Waals surface area contributed by atoms with Gasteiger partial charge in [-0.1, -0.05) is 0 Å². The number of nitrogen functional groups attached to an aromatic ring is 1. The molecule has 100 valence electrons. The van der Waals surface area contributed by atoms with Gasteiger partial charge in [0.15, 0.2) is 0 Å². The Labute approximate surface area is 122 Å². The third-order valence-corrected chi connectivity index (χ3v) is 4.14. The first-order chi connectivity index (χ1) is 9.08. The molecule has 0 aliphatic carbocycles. The Balaban J connectivity index is 2.03. The number of fused-ring (bicyclic) bond motifs is 1. The number of pyridine rings is 1. The highest BCUT2D eigenvalue weighted by Gasteiger charge is 2.29. The standard InChI is InChI=1S/C11H12IN5O2/c12-9-8-7(1-3-14-10(8)13)17(15-9)6-2-4-16(5-6)11(18)19/h1,3,6H,2,4-5H2,(H2,13,14)(H,18,19). The van der Waals surface area contributed by atoms with Gasteiger partial charge >= 0.3 is 6.09 Å². The summed E-state index contributed by atoms with van der Waals surface area (Å²) in [6.45, 7) is 1.00. The number of carboxylic acid groups (broad SMARTS) is 1. The number of hydrogen-bond donors (Lipinski definition) is 2. The number of aromatic nitrogens is 3. The van der Waals surface area contributed by atoms with E-state index in [9.17, 15) is 4.79 Å². The summed E-state index contributed by atoms with van der Waals surface area (Å²) >= 11 is 2.13. The first kappa shape index (κ1) is 12.5. The van der Waals surface area contributed by atoms with Crippen molar-refractivity contribution in [1.29, 1.82) is 0 Å². The molecule has 0 bridgehead atoms. The van der Waals surface area contributed by atoms with E-state index in [1.54, 1.807) is 6.20 Å². The minimum Gasteiger partial charge on any atom is -0.465 e. The molecule has 1 atom stereocenters. The molecule has 0 aromatic carbocycles. The smallest absolute Gasteiger partial charge is 0.407 e. The Kier molecular flexibility index (Phi) is 2.96. The first-order valence-corrected chi connectivity index (χ1v) is 6.92. The topological polar surface area (TPSA) is 97.3 Å². The zero-order valence-electron chi connectivity index (χ0n) is 9.95. The SMILES string of the molecule is Nc1nccc2c1c(I)nn2C1CCN(C(=O)O)C1.